The van der Waals surface area contributed by atoms with Crippen molar-refractivity contribution in [3.8, 4) is 17.2 Å². The van der Waals surface area contributed by atoms with Crippen LogP contribution in [-0.2, 0) is 4.79 Å². The van der Waals surface area contributed by atoms with Crippen molar-refractivity contribution in [1.82, 2.24) is 0 Å². The van der Waals surface area contributed by atoms with Crippen LogP contribution < -0.4 is 24.4 Å². The van der Waals surface area contributed by atoms with Crippen LogP contribution in [0.1, 0.15) is 24.4 Å². The Hall–Kier alpha value is -2.73. The molecule has 1 amide bonds. The molecule has 0 spiro atoms. The number of anilines is 1. The molecule has 0 saturated carbocycles. The number of hydrogen-bond donors (Lipinski definition) is 2. The number of ether oxygens (including phenoxy) is 3. The Labute approximate surface area is 160 Å². The van der Waals surface area contributed by atoms with E-state index in [-0.39, 0.29) is 11.9 Å². The average molecular weight is 371 g/mol. The van der Waals surface area contributed by atoms with Crippen molar-refractivity contribution < 1.29 is 23.9 Å². The second kappa shape index (κ2) is 8.77. The summed E-state index contributed by atoms with van der Waals surface area (Å²) in [5, 5.41) is 2.97. The van der Waals surface area contributed by atoms with Crippen LogP contribution in [0.25, 0.3) is 0 Å². The molecule has 1 aliphatic heterocycles. The third-order valence-electron chi connectivity index (χ3n) is 5.06. The van der Waals surface area contributed by atoms with E-state index in [1.54, 1.807) is 21.3 Å². The van der Waals surface area contributed by atoms with Gasteiger partial charge in [0.15, 0.2) is 6.54 Å². The molecule has 1 aliphatic rings. The molecular formula is C21H27N2O4+. The van der Waals surface area contributed by atoms with E-state index in [0.717, 1.165) is 36.4 Å². The maximum absolute atomic E-state index is 12.6. The number of para-hydroxylation sites is 2. The van der Waals surface area contributed by atoms with Crippen molar-refractivity contribution in [2.75, 3.05) is 39.7 Å². The van der Waals surface area contributed by atoms with Crippen molar-refractivity contribution in [3.05, 3.63) is 48.0 Å². The molecule has 27 heavy (non-hydrogen) atoms. The number of carbonyl (C=O) groups is 1. The number of benzene rings is 2. The summed E-state index contributed by atoms with van der Waals surface area (Å²) in [6, 6.07) is 13.5. The minimum absolute atomic E-state index is 0.0248. The number of rotatable bonds is 7. The molecule has 1 unspecified atom stereocenters. The van der Waals surface area contributed by atoms with Gasteiger partial charge in [0, 0.05) is 12.8 Å². The van der Waals surface area contributed by atoms with E-state index < -0.39 is 0 Å². The largest absolute Gasteiger partial charge is 0.497 e. The number of likely N-dealkylation sites (tertiary alicyclic amines) is 1. The van der Waals surface area contributed by atoms with Crippen LogP contribution in [-0.4, -0.2) is 40.3 Å². The second-order valence-electron chi connectivity index (χ2n) is 6.64. The lowest BCUT2D eigenvalue weighted by Gasteiger charge is -2.23. The van der Waals surface area contributed by atoms with Crippen molar-refractivity contribution in [2.24, 2.45) is 0 Å². The lowest BCUT2D eigenvalue weighted by atomic mass is 10.0. The van der Waals surface area contributed by atoms with Gasteiger partial charge >= 0.3 is 0 Å². The predicted molar refractivity (Wildman–Crippen MR) is 104 cm³/mol. The molecule has 3 rings (SSSR count). The van der Waals surface area contributed by atoms with Crippen LogP contribution in [0.2, 0.25) is 0 Å². The molecule has 2 aromatic carbocycles. The standard InChI is InChI=1S/C21H26N2O4/c1-25-15-10-11-19(26-2)16(13-15)18-8-6-12-23(18)14-21(24)22-17-7-4-5-9-20(17)27-3/h4-5,7,9-11,13,18H,6,8,12,14H2,1-3H3,(H,22,24)/p+1/t18-/m1/s1. The number of hydrogen-bond acceptors (Lipinski definition) is 4. The van der Waals surface area contributed by atoms with Gasteiger partial charge in [0.2, 0.25) is 0 Å². The van der Waals surface area contributed by atoms with Crippen LogP contribution >= 0.6 is 0 Å². The van der Waals surface area contributed by atoms with Gasteiger partial charge in [-0.05, 0) is 30.3 Å². The van der Waals surface area contributed by atoms with Gasteiger partial charge in [-0.1, -0.05) is 12.1 Å². The first kappa shape index (κ1) is 19.0. The van der Waals surface area contributed by atoms with Gasteiger partial charge in [-0.25, -0.2) is 0 Å². The Kier molecular flexibility index (Phi) is 6.19. The highest BCUT2D eigenvalue weighted by molar-refractivity contribution is 5.92. The average Bonchev–Trinajstić information content (AvgIpc) is 3.15. The smallest absolute Gasteiger partial charge is 0.279 e. The first-order valence-corrected chi connectivity index (χ1v) is 9.15. The summed E-state index contributed by atoms with van der Waals surface area (Å²) >= 11 is 0. The Bertz CT molecular complexity index is 794. The minimum Gasteiger partial charge on any atom is -0.497 e. The summed E-state index contributed by atoms with van der Waals surface area (Å²) in [7, 11) is 4.93. The normalized spacial score (nSPS) is 18.8. The SMILES string of the molecule is COc1ccc(OC)c([C@H]2CCC[NH+]2CC(=O)Nc2ccccc2OC)c1. The molecule has 0 radical (unpaired) electrons. The summed E-state index contributed by atoms with van der Waals surface area (Å²) in [6.45, 7) is 1.34. The molecule has 1 fully saturated rings. The summed E-state index contributed by atoms with van der Waals surface area (Å²) < 4.78 is 16.2. The topological polar surface area (TPSA) is 61.2 Å². The highest BCUT2D eigenvalue weighted by Crippen LogP contribution is 2.31. The van der Waals surface area contributed by atoms with E-state index in [1.807, 2.05) is 42.5 Å². The zero-order valence-corrected chi connectivity index (χ0v) is 16.1. The Balaban J connectivity index is 1.74. The minimum atomic E-state index is -0.0248. The molecule has 2 N–H and O–H groups in total. The van der Waals surface area contributed by atoms with E-state index in [4.69, 9.17) is 14.2 Å². The molecule has 6 nitrogen and oxygen atoms in total. The highest BCUT2D eigenvalue weighted by Gasteiger charge is 2.34. The zero-order valence-electron chi connectivity index (χ0n) is 16.1. The van der Waals surface area contributed by atoms with Gasteiger partial charge in [0.25, 0.3) is 5.91 Å². The summed E-state index contributed by atoms with van der Waals surface area (Å²) in [4.78, 5) is 13.9. The van der Waals surface area contributed by atoms with Crippen LogP contribution in [0.15, 0.2) is 42.5 Å². The number of nitrogens with one attached hydrogen (secondary N) is 2. The fourth-order valence-electron chi connectivity index (χ4n) is 3.76. The van der Waals surface area contributed by atoms with Crippen LogP contribution in [0.5, 0.6) is 17.2 Å². The van der Waals surface area contributed by atoms with Crippen molar-refractivity contribution in [1.29, 1.82) is 0 Å². The third-order valence-corrected chi connectivity index (χ3v) is 5.06. The lowest BCUT2D eigenvalue weighted by Crippen LogP contribution is -3.11. The van der Waals surface area contributed by atoms with Crippen LogP contribution in [0, 0.1) is 0 Å². The molecule has 6 heteroatoms. The first-order valence-electron chi connectivity index (χ1n) is 9.15. The number of amides is 1. The lowest BCUT2D eigenvalue weighted by molar-refractivity contribution is -0.910. The molecule has 0 aromatic heterocycles. The van der Waals surface area contributed by atoms with Crippen LogP contribution in [0.3, 0.4) is 0 Å². The molecule has 2 aromatic rings. The number of carbonyl (C=O) groups excluding carboxylic acids is 1. The maximum Gasteiger partial charge on any atom is 0.279 e. The highest BCUT2D eigenvalue weighted by atomic mass is 16.5. The Morgan fingerprint density at radius 3 is 2.59 bits per heavy atom. The fraction of sp³-hybridized carbons (Fsp3) is 0.381. The van der Waals surface area contributed by atoms with Gasteiger partial charge in [0.1, 0.15) is 23.3 Å². The summed E-state index contributed by atoms with van der Waals surface area (Å²) in [6.07, 6.45) is 2.09. The Morgan fingerprint density at radius 1 is 1.07 bits per heavy atom. The van der Waals surface area contributed by atoms with Gasteiger partial charge in [-0.3, -0.25) is 4.79 Å². The van der Waals surface area contributed by atoms with Gasteiger partial charge in [-0.15, -0.1) is 0 Å². The quantitative estimate of drug-likeness (QED) is 0.782. The number of quaternary nitrogens is 1. The van der Waals surface area contributed by atoms with Gasteiger partial charge < -0.3 is 24.4 Å². The second-order valence-corrected chi connectivity index (χ2v) is 6.64. The van der Waals surface area contributed by atoms with E-state index in [0.29, 0.717) is 18.0 Å². The van der Waals surface area contributed by atoms with E-state index in [9.17, 15) is 4.79 Å². The monoisotopic (exact) mass is 371 g/mol. The molecule has 1 saturated heterocycles. The third kappa shape index (κ3) is 4.34. The molecular weight excluding hydrogens is 344 g/mol. The molecule has 2 atom stereocenters. The first-order chi connectivity index (χ1) is 13.2. The Morgan fingerprint density at radius 2 is 1.85 bits per heavy atom. The van der Waals surface area contributed by atoms with E-state index in [2.05, 4.69) is 5.32 Å². The zero-order chi connectivity index (χ0) is 19.2. The summed E-state index contributed by atoms with van der Waals surface area (Å²) in [5.74, 6) is 2.28. The van der Waals surface area contributed by atoms with Crippen molar-refractivity contribution >= 4 is 11.6 Å². The van der Waals surface area contributed by atoms with Gasteiger partial charge in [-0.2, -0.15) is 0 Å². The van der Waals surface area contributed by atoms with E-state index >= 15 is 0 Å². The molecule has 0 bridgehead atoms. The predicted octanol–water partition coefficient (Wildman–Crippen LogP) is 2.07. The molecule has 0 aliphatic carbocycles. The molecule has 1 heterocycles. The number of methoxy groups -OCH3 is 3. The van der Waals surface area contributed by atoms with Gasteiger partial charge in [0.05, 0.1) is 39.1 Å². The fourth-order valence-corrected chi connectivity index (χ4v) is 3.76. The van der Waals surface area contributed by atoms with Crippen LogP contribution in [0.4, 0.5) is 5.69 Å². The summed E-state index contributed by atoms with van der Waals surface area (Å²) in [5.41, 5.74) is 1.79. The van der Waals surface area contributed by atoms with Crippen molar-refractivity contribution in [2.45, 2.75) is 18.9 Å². The van der Waals surface area contributed by atoms with Crippen molar-refractivity contribution in [3.63, 3.8) is 0 Å². The maximum atomic E-state index is 12.6. The van der Waals surface area contributed by atoms with E-state index in [1.165, 1.54) is 4.90 Å². The molecule has 144 valence electrons.